The fourth-order valence-electron chi connectivity index (χ4n) is 1.60. The number of primary amides is 1. The molecule has 2 heterocycles. The third-order valence-corrected chi connectivity index (χ3v) is 2.46. The molecule has 0 fully saturated rings. The summed E-state index contributed by atoms with van der Waals surface area (Å²) in [7, 11) is 1.80. The molecule has 0 atom stereocenters. The molecule has 8 nitrogen and oxygen atoms in total. The van der Waals surface area contributed by atoms with Crippen molar-refractivity contribution in [2.45, 2.75) is 6.42 Å². The van der Waals surface area contributed by atoms with E-state index in [0.717, 1.165) is 0 Å². The van der Waals surface area contributed by atoms with E-state index >= 15 is 0 Å². The van der Waals surface area contributed by atoms with E-state index in [-0.39, 0.29) is 5.56 Å². The fourth-order valence-corrected chi connectivity index (χ4v) is 1.60. The molecular formula is C11H15N7O. The molecule has 0 aliphatic heterocycles. The summed E-state index contributed by atoms with van der Waals surface area (Å²) >= 11 is 0. The van der Waals surface area contributed by atoms with Crippen LogP contribution in [0.2, 0.25) is 0 Å². The van der Waals surface area contributed by atoms with Crippen LogP contribution in [0.15, 0.2) is 18.6 Å². The number of hydrogen-bond acceptors (Lipinski definition) is 6. The van der Waals surface area contributed by atoms with Gasteiger partial charge < -0.3 is 16.8 Å². The molecule has 0 spiro atoms. The van der Waals surface area contributed by atoms with E-state index in [1.165, 1.54) is 12.3 Å². The SMILES string of the molecule is Cn1cnc(CCNc2ncc(N)cc2C(N)=O)n1. The van der Waals surface area contributed by atoms with Gasteiger partial charge in [-0.15, -0.1) is 0 Å². The summed E-state index contributed by atoms with van der Waals surface area (Å²) in [4.78, 5) is 19.4. The Hall–Kier alpha value is -2.64. The lowest BCUT2D eigenvalue weighted by Gasteiger charge is -2.08. The van der Waals surface area contributed by atoms with Crippen molar-refractivity contribution in [3.63, 3.8) is 0 Å². The predicted molar refractivity (Wildman–Crippen MR) is 70.4 cm³/mol. The van der Waals surface area contributed by atoms with Gasteiger partial charge in [0.2, 0.25) is 0 Å². The monoisotopic (exact) mass is 261 g/mol. The minimum absolute atomic E-state index is 0.272. The maximum absolute atomic E-state index is 11.3. The highest BCUT2D eigenvalue weighted by Gasteiger charge is 2.10. The first kappa shape index (κ1) is 12.8. The number of aromatic nitrogens is 4. The average Bonchev–Trinajstić information content (AvgIpc) is 2.77. The molecule has 1 amide bonds. The lowest BCUT2D eigenvalue weighted by molar-refractivity contribution is 0.100. The summed E-state index contributed by atoms with van der Waals surface area (Å²) in [6.07, 6.45) is 3.71. The quantitative estimate of drug-likeness (QED) is 0.669. The highest BCUT2D eigenvalue weighted by atomic mass is 16.1. The Bertz CT molecular complexity index is 592. The van der Waals surface area contributed by atoms with E-state index in [4.69, 9.17) is 11.5 Å². The minimum Gasteiger partial charge on any atom is -0.397 e. The zero-order chi connectivity index (χ0) is 13.8. The second kappa shape index (κ2) is 5.34. The van der Waals surface area contributed by atoms with Gasteiger partial charge in [-0.05, 0) is 6.07 Å². The molecule has 0 saturated heterocycles. The van der Waals surface area contributed by atoms with Crippen LogP contribution in [0.3, 0.4) is 0 Å². The van der Waals surface area contributed by atoms with Crippen molar-refractivity contribution in [3.8, 4) is 0 Å². The molecule has 100 valence electrons. The second-order valence-corrected chi connectivity index (χ2v) is 4.04. The van der Waals surface area contributed by atoms with Crippen molar-refractivity contribution in [2.24, 2.45) is 12.8 Å². The Balaban J connectivity index is 2.01. The lowest BCUT2D eigenvalue weighted by Crippen LogP contribution is -2.17. The van der Waals surface area contributed by atoms with Gasteiger partial charge in [-0.2, -0.15) is 5.10 Å². The predicted octanol–water partition coefficient (Wildman–Crippen LogP) is -0.454. The number of hydrogen-bond donors (Lipinski definition) is 3. The summed E-state index contributed by atoms with van der Waals surface area (Å²) in [5.74, 6) is 0.557. The first-order valence-corrected chi connectivity index (χ1v) is 5.70. The molecule has 2 aromatic heterocycles. The van der Waals surface area contributed by atoms with Crippen LogP contribution >= 0.6 is 0 Å². The molecule has 0 unspecified atom stereocenters. The van der Waals surface area contributed by atoms with E-state index in [1.54, 1.807) is 18.1 Å². The highest BCUT2D eigenvalue weighted by Crippen LogP contribution is 2.14. The topological polar surface area (TPSA) is 125 Å². The van der Waals surface area contributed by atoms with Gasteiger partial charge in [0.1, 0.15) is 12.1 Å². The van der Waals surface area contributed by atoms with E-state index in [1.807, 2.05) is 0 Å². The van der Waals surface area contributed by atoms with E-state index < -0.39 is 5.91 Å². The second-order valence-electron chi connectivity index (χ2n) is 4.04. The summed E-state index contributed by atoms with van der Waals surface area (Å²) in [5.41, 5.74) is 11.5. The number of nitrogens with zero attached hydrogens (tertiary/aromatic N) is 4. The first-order chi connectivity index (χ1) is 9.06. The van der Waals surface area contributed by atoms with E-state index in [0.29, 0.717) is 30.3 Å². The van der Waals surface area contributed by atoms with E-state index in [2.05, 4.69) is 20.4 Å². The van der Waals surface area contributed by atoms with Gasteiger partial charge in [0.05, 0.1) is 17.4 Å². The Morgan fingerprint density at radius 2 is 2.26 bits per heavy atom. The van der Waals surface area contributed by atoms with Gasteiger partial charge >= 0.3 is 0 Å². The van der Waals surface area contributed by atoms with Crippen LogP contribution in [0.5, 0.6) is 0 Å². The average molecular weight is 261 g/mol. The van der Waals surface area contributed by atoms with Crippen molar-refractivity contribution in [3.05, 3.63) is 30.0 Å². The molecule has 0 aromatic carbocycles. The summed E-state index contributed by atoms with van der Waals surface area (Å²) in [5, 5.41) is 7.17. The Kier molecular flexibility index (Phi) is 3.60. The molecule has 0 aliphatic rings. The van der Waals surface area contributed by atoms with Crippen molar-refractivity contribution in [1.82, 2.24) is 19.7 Å². The smallest absolute Gasteiger partial charge is 0.252 e. The Labute approximate surface area is 109 Å². The summed E-state index contributed by atoms with van der Waals surface area (Å²) in [6.45, 7) is 0.543. The maximum Gasteiger partial charge on any atom is 0.252 e. The van der Waals surface area contributed by atoms with Gasteiger partial charge in [0.25, 0.3) is 5.91 Å². The molecule has 0 saturated carbocycles. The van der Waals surface area contributed by atoms with Crippen molar-refractivity contribution in [2.75, 3.05) is 17.6 Å². The third-order valence-electron chi connectivity index (χ3n) is 2.46. The minimum atomic E-state index is -0.571. The standard InChI is InChI=1S/C11H15N7O/c1-18-6-16-9(17-18)2-3-14-11-8(10(13)19)4-7(12)5-15-11/h4-6H,2-3,12H2,1H3,(H2,13,19)(H,14,15). The Morgan fingerprint density at radius 1 is 1.47 bits per heavy atom. The van der Waals surface area contributed by atoms with Gasteiger partial charge in [-0.25, -0.2) is 9.97 Å². The number of carbonyl (C=O) groups excluding carboxylic acids is 1. The highest BCUT2D eigenvalue weighted by molar-refractivity contribution is 5.98. The maximum atomic E-state index is 11.3. The zero-order valence-corrected chi connectivity index (χ0v) is 10.5. The first-order valence-electron chi connectivity index (χ1n) is 5.70. The molecule has 0 bridgehead atoms. The molecule has 0 radical (unpaired) electrons. The fraction of sp³-hybridized carbons (Fsp3) is 0.273. The number of rotatable bonds is 5. The molecule has 2 aromatic rings. The number of nitrogen functional groups attached to an aromatic ring is 1. The van der Waals surface area contributed by atoms with Gasteiger partial charge in [-0.3, -0.25) is 9.48 Å². The Morgan fingerprint density at radius 3 is 2.89 bits per heavy atom. The number of pyridine rings is 1. The number of amides is 1. The van der Waals surface area contributed by atoms with E-state index in [9.17, 15) is 4.79 Å². The van der Waals surface area contributed by atoms with Crippen LogP contribution in [-0.4, -0.2) is 32.2 Å². The lowest BCUT2D eigenvalue weighted by atomic mass is 10.2. The number of carbonyl (C=O) groups is 1. The number of nitrogens with one attached hydrogen (secondary N) is 1. The van der Waals surface area contributed by atoms with Crippen LogP contribution in [0.1, 0.15) is 16.2 Å². The van der Waals surface area contributed by atoms with Crippen LogP contribution in [0, 0.1) is 0 Å². The zero-order valence-electron chi connectivity index (χ0n) is 10.5. The number of aryl methyl sites for hydroxylation is 1. The number of nitrogens with two attached hydrogens (primary N) is 2. The molecule has 2 rings (SSSR count). The molecular weight excluding hydrogens is 246 g/mol. The molecule has 8 heteroatoms. The van der Waals surface area contributed by atoms with Gasteiger partial charge in [0, 0.05) is 20.0 Å². The number of anilines is 2. The molecule has 5 N–H and O–H groups in total. The van der Waals surface area contributed by atoms with Crippen LogP contribution in [-0.2, 0) is 13.5 Å². The summed E-state index contributed by atoms with van der Waals surface area (Å²) < 4.78 is 1.63. The van der Waals surface area contributed by atoms with Crippen LogP contribution in [0.4, 0.5) is 11.5 Å². The van der Waals surface area contributed by atoms with Gasteiger partial charge in [-0.1, -0.05) is 0 Å². The normalized spacial score (nSPS) is 10.4. The van der Waals surface area contributed by atoms with Crippen LogP contribution in [0.25, 0.3) is 0 Å². The van der Waals surface area contributed by atoms with Crippen molar-refractivity contribution in [1.29, 1.82) is 0 Å². The van der Waals surface area contributed by atoms with Crippen molar-refractivity contribution >= 4 is 17.4 Å². The summed E-state index contributed by atoms with van der Waals surface area (Å²) in [6, 6.07) is 1.50. The molecule has 0 aliphatic carbocycles. The van der Waals surface area contributed by atoms with Crippen molar-refractivity contribution < 1.29 is 4.79 Å². The molecule has 19 heavy (non-hydrogen) atoms. The van der Waals surface area contributed by atoms with Gasteiger partial charge in [0.15, 0.2) is 5.82 Å². The van der Waals surface area contributed by atoms with Crippen LogP contribution < -0.4 is 16.8 Å². The largest absolute Gasteiger partial charge is 0.397 e. The third kappa shape index (κ3) is 3.18.